The van der Waals surface area contributed by atoms with E-state index in [-0.39, 0.29) is 19.0 Å². The quantitative estimate of drug-likeness (QED) is 0.690. The number of pyridine rings is 1. The maximum atomic E-state index is 13.3. The predicted molar refractivity (Wildman–Crippen MR) is 115 cm³/mol. The molecule has 0 amide bonds. The van der Waals surface area contributed by atoms with Crippen molar-refractivity contribution in [1.29, 1.82) is 0 Å². The summed E-state index contributed by atoms with van der Waals surface area (Å²) in [6.07, 6.45) is 0.317. The molecule has 2 saturated heterocycles. The van der Waals surface area contributed by atoms with E-state index in [1.807, 2.05) is 11.0 Å². The van der Waals surface area contributed by atoms with Crippen LogP contribution in [-0.4, -0.2) is 64.8 Å². The summed E-state index contributed by atoms with van der Waals surface area (Å²) in [5, 5.41) is 14.0. The van der Waals surface area contributed by atoms with Gasteiger partial charge in [-0.15, -0.1) is 0 Å². The monoisotopic (exact) mass is 449 g/mol. The van der Waals surface area contributed by atoms with Gasteiger partial charge in [0.15, 0.2) is 5.82 Å². The first-order valence-corrected chi connectivity index (χ1v) is 11.0. The molecule has 0 aliphatic carbocycles. The van der Waals surface area contributed by atoms with Crippen molar-refractivity contribution >= 4 is 23.3 Å². The fourth-order valence-corrected chi connectivity index (χ4v) is 4.94. The summed E-state index contributed by atoms with van der Waals surface area (Å²) < 4.78 is 40.0. The molecule has 0 spiro atoms. The van der Waals surface area contributed by atoms with Crippen LogP contribution in [0.1, 0.15) is 25.7 Å². The van der Waals surface area contributed by atoms with Crippen LogP contribution in [0.5, 0.6) is 0 Å². The van der Waals surface area contributed by atoms with Crippen molar-refractivity contribution < 1.29 is 18.3 Å². The van der Waals surface area contributed by atoms with Crippen molar-refractivity contribution in [2.45, 2.75) is 44.3 Å². The third-order valence-electron chi connectivity index (χ3n) is 6.51. The molecule has 2 aromatic heterocycles. The van der Waals surface area contributed by atoms with E-state index in [1.54, 1.807) is 29.4 Å². The normalized spacial score (nSPS) is 24.2. The second kappa shape index (κ2) is 8.27. The van der Waals surface area contributed by atoms with Crippen LogP contribution in [0.25, 0.3) is 0 Å². The Kier molecular flexibility index (Phi) is 5.44. The highest BCUT2D eigenvalue weighted by molar-refractivity contribution is 5.73. The van der Waals surface area contributed by atoms with Crippen LogP contribution in [0.3, 0.4) is 0 Å². The molecular weight excluding hydrogens is 423 g/mol. The van der Waals surface area contributed by atoms with Gasteiger partial charge in [-0.3, -0.25) is 0 Å². The summed E-state index contributed by atoms with van der Waals surface area (Å²) in [5.74, 6) is 0.0198. The molecule has 3 aliphatic rings. The number of rotatable bonds is 4. The highest BCUT2D eigenvalue weighted by Crippen LogP contribution is 2.41. The zero-order chi connectivity index (χ0) is 22.3. The van der Waals surface area contributed by atoms with E-state index in [9.17, 15) is 18.3 Å². The van der Waals surface area contributed by atoms with E-state index in [4.69, 9.17) is 4.98 Å². The van der Waals surface area contributed by atoms with Crippen LogP contribution in [0.2, 0.25) is 0 Å². The number of piperidine rings is 2. The first kappa shape index (κ1) is 21.0. The van der Waals surface area contributed by atoms with Gasteiger partial charge in [0.2, 0.25) is 12.3 Å². The predicted octanol–water partition coefficient (Wildman–Crippen LogP) is 2.83. The number of aromatic nitrogens is 3. The number of aliphatic hydroxyl groups is 1. The Labute approximate surface area is 184 Å². The van der Waals surface area contributed by atoms with Crippen LogP contribution in [0.15, 0.2) is 30.6 Å². The second-order valence-electron chi connectivity index (χ2n) is 8.58. The number of halogens is 3. The number of hydrogen-bond donors (Lipinski definition) is 2. The van der Waals surface area contributed by atoms with E-state index in [1.165, 1.54) is 0 Å². The summed E-state index contributed by atoms with van der Waals surface area (Å²) in [5.41, 5.74) is 0.879. The van der Waals surface area contributed by atoms with Gasteiger partial charge in [0.05, 0.1) is 17.6 Å². The molecular formula is C21H26F3N7O. The Hall–Kier alpha value is -2.82. The average molecular weight is 449 g/mol. The van der Waals surface area contributed by atoms with Gasteiger partial charge in [0.1, 0.15) is 5.82 Å². The van der Waals surface area contributed by atoms with Gasteiger partial charge in [-0.25, -0.2) is 15.0 Å². The highest BCUT2D eigenvalue weighted by Gasteiger charge is 2.43. The first-order chi connectivity index (χ1) is 15.4. The minimum absolute atomic E-state index is 0.0227. The van der Waals surface area contributed by atoms with Crippen LogP contribution < -0.4 is 20.0 Å². The summed E-state index contributed by atoms with van der Waals surface area (Å²) in [4.78, 5) is 18.8. The van der Waals surface area contributed by atoms with Crippen molar-refractivity contribution in [2.24, 2.45) is 5.92 Å². The lowest BCUT2D eigenvalue weighted by atomic mass is 9.97. The van der Waals surface area contributed by atoms with E-state index in [2.05, 4.69) is 20.2 Å². The molecule has 0 aromatic carbocycles. The average Bonchev–Trinajstić information content (AvgIpc) is 2.79. The highest BCUT2D eigenvalue weighted by atomic mass is 19.4. The van der Waals surface area contributed by atoms with Crippen LogP contribution >= 0.6 is 0 Å². The molecule has 2 N–H and O–H groups in total. The fraction of sp³-hybridized carbons (Fsp3) is 0.571. The lowest BCUT2D eigenvalue weighted by Crippen LogP contribution is -2.58. The van der Waals surface area contributed by atoms with Gasteiger partial charge in [0, 0.05) is 38.6 Å². The molecule has 2 fully saturated rings. The molecule has 2 aromatic rings. The summed E-state index contributed by atoms with van der Waals surface area (Å²) in [6, 6.07) is 5.42. The van der Waals surface area contributed by atoms with Gasteiger partial charge in [-0.2, -0.15) is 13.2 Å². The number of alkyl halides is 3. The molecule has 2 bridgehead atoms. The summed E-state index contributed by atoms with van der Waals surface area (Å²) >= 11 is 0. The van der Waals surface area contributed by atoms with Crippen molar-refractivity contribution in [3.05, 3.63) is 30.6 Å². The van der Waals surface area contributed by atoms with Crippen LogP contribution in [0, 0.1) is 5.92 Å². The molecule has 3 aliphatic heterocycles. The Morgan fingerprint density at radius 2 is 1.78 bits per heavy atom. The zero-order valence-electron chi connectivity index (χ0n) is 17.5. The molecule has 32 heavy (non-hydrogen) atoms. The lowest BCUT2D eigenvalue weighted by Gasteiger charge is -2.48. The standard InChI is InChI=1S/C21H26F3N7O/c22-21(23,24)14-4-1-11-30(12-14)17-7-6-16-18(27-17)31(15-5-2-10-29(16)13-15)20(32)28-19-25-8-3-9-26-19/h3,6-9,14-15,20,32H,1-2,4-5,10-13H2,(H,25,26,28)/t14-,15-,20?/m0/s1. The molecule has 3 atom stereocenters. The number of fused-ring (bicyclic) bond motifs is 4. The van der Waals surface area contributed by atoms with E-state index in [0.717, 1.165) is 31.6 Å². The number of aliphatic hydroxyl groups excluding tert-OH is 1. The zero-order valence-corrected chi connectivity index (χ0v) is 17.5. The molecule has 8 nitrogen and oxygen atoms in total. The maximum Gasteiger partial charge on any atom is 0.393 e. The van der Waals surface area contributed by atoms with Crippen molar-refractivity contribution in [1.82, 2.24) is 15.0 Å². The van der Waals surface area contributed by atoms with Gasteiger partial charge < -0.3 is 25.1 Å². The third-order valence-corrected chi connectivity index (χ3v) is 6.51. The van der Waals surface area contributed by atoms with Crippen molar-refractivity contribution in [2.75, 3.05) is 46.2 Å². The molecule has 5 heterocycles. The fourth-order valence-electron chi connectivity index (χ4n) is 4.94. The topological polar surface area (TPSA) is 80.6 Å². The van der Waals surface area contributed by atoms with Crippen LogP contribution in [-0.2, 0) is 0 Å². The van der Waals surface area contributed by atoms with Crippen molar-refractivity contribution in [3.8, 4) is 0 Å². The maximum absolute atomic E-state index is 13.3. The first-order valence-electron chi connectivity index (χ1n) is 11.0. The number of nitrogens with zero attached hydrogens (tertiary/aromatic N) is 6. The lowest BCUT2D eigenvalue weighted by molar-refractivity contribution is -0.176. The number of nitrogens with one attached hydrogen (secondary N) is 1. The molecule has 172 valence electrons. The van der Waals surface area contributed by atoms with Crippen molar-refractivity contribution in [3.63, 3.8) is 0 Å². The molecule has 0 radical (unpaired) electrons. The smallest absolute Gasteiger partial charge is 0.366 e. The Morgan fingerprint density at radius 3 is 2.56 bits per heavy atom. The minimum atomic E-state index is -4.21. The second-order valence-corrected chi connectivity index (χ2v) is 8.58. The largest absolute Gasteiger partial charge is 0.393 e. The summed E-state index contributed by atoms with van der Waals surface area (Å²) in [6.45, 7) is 2.08. The molecule has 11 heteroatoms. The molecule has 1 unspecified atom stereocenters. The Balaban J connectivity index is 1.46. The van der Waals surface area contributed by atoms with Gasteiger partial charge in [0.25, 0.3) is 0 Å². The minimum Gasteiger partial charge on any atom is -0.366 e. The van der Waals surface area contributed by atoms with Gasteiger partial charge >= 0.3 is 6.18 Å². The van der Waals surface area contributed by atoms with E-state index < -0.39 is 18.4 Å². The van der Waals surface area contributed by atoms with Gasteiger partial charge in [-0.1, -0.05) is 0 Å². The number of hydrogen-bond acceptors (Lipinski definition) is 8. The van der Waals surface area contributed by atoms with Crippen LogP contribution in [0.4, 0.5) is 36.4 Å². The van der Waals surface area contributed by atoms with E-state index in [0.29, 0.717) is 30.5 Å². The SMILES string of the molecule is OC(Nc1ncccn1)N1c2nc(N3CCC[C@H](C(F)(F)F)C3)ccc2N2CCC[C@H]1C2. The molecule has 0 saturated carbocycles. The molecule has 5 rings (SSSR count). The third kappa shape index (κ3) is 4.01. The van der Waals surface area contributed by atoms with E-state index >= 15 is 0 Å². The Morgan fingerprint density at radius 1 is 1.03 bits per heavy atom. The summed E-state index contributed by atoms with van der Waals surface area (Å²) in [7, 11) is 0. The number of anilines is 4. The van der Waals surface area contributed by atoms with Gasteiger partial charge in [-0.05, 0) is 43.9 Å². The Bertz CT molecular complexity index is 945.